The Hall–Kier alpha value is -2.24. The molecule has 0 radical (unpaired) electrons. The van der Waals surface area contributed by atoms with Gasteiger partial charge in [0.1, 0.15) is 4.21 Å². The standard InChI is InChI=1S/C10H11N5O4S2/c1-14(7-2-4-12-5-3-7)21(18,19)9-6-8(15(16)17)10(13-11)20-9/h2-6,13H,11H2,1H3. The molecule has 0 unspecified atom stereocenters. The number of pyridine rings is 1. The lowest BCUT2D eigenvalue weighted by Crippen LogP contribution is -2.25. The molecule has 0 aromatic carbocycles. The first-order chi connectivity index (χ1) is 9.87. The van der Waals surface area contributed by atoms with Crippen LogP contribution in [0.15, 0.2) is 34.8 Å². The first kappa shape index (κ1) is 15.2. The lowest BCUT2D eigenvalue weighted by molar-refractivity contribution is -0.383. The molecular formula is C10H11N5O4S2. The second-order valence-electron chi connectivity index (χ2n) is 3.86. The van der Waals surface area contributed by atoms with Crippen molar-refractivity contribution in [2.75, 3.05) is 16.8 Å². The van der Waals surface area contributed by atoms with Crippen LogP contribution in [0.5, 0.6) is 0 Å². The van der Waals surface area contributed by atoms with Crippen molar-refractivity contribution in [2.45, 2.75) is 4.21 Å². The van der Waals surface area contributed by atoms with E-state index in [1.807, 2.05) is 0 Å². The Bertz CT molecular complexity index is 759. The van der Waals surface area contributed by atoms with Gasteiger partial charge in [-0.1, -0.05) is 11.3 Å². The van der Waals surface area contributed by atoms with Gasteiger partial charge in [-0.3, -0.25) is 19.4 Å². The molecule has 0 amide bonds. The van der Waals surface area contributed by atoms with E-state index in [2.05, 4.69) is 10.4 Å². The minimum Gasteiger partial charge on any atom is -0.310 e. The number of aromatic nitrogens is 1. The molecule has 2 rings (SSSR count). The summed E-state index contributed by atoms with van der Waals surface area (Å²) in [5.41, 5.74) is 2.14. The highest BCUT2D eigenvalue weighted by Gasteiger charge is 2.29. The fourth-order valence-electron chi connectivity index (χ4n) is 1.55. The molecule has 9 nitrogen and oxygen atoms in total. The second-order valence-corrected chi connectivity index (χ2v) is 7.11. The number of hydrogen-bond donors (Lipinski definition) is 2. The monoisotopic (exact) mass is 329 g/mol. The summed E-state index contributed by atoms with van der Waals surface area (Å²) in [4.78, 5) is 14.0. The number of rotatable bonds is 5. The summed E-state index contributed by atoms with van der Waals surface area (Å²) in [6, 6.07) is 4.01. The van der Waals surface area contributed by atoms with E-state index in [4.69, 9.17) is 5.84 Å². The van der Waals surface area contributed by atoms with Crippen molar-refractivity contribution in [3.63, 3.8) is 0 Å². The van der Waals surface area contributed by atoms with Crippen molar-refractivity contribution < 1.29 is 13.3 Å². The zero-order valence-corrected chi connectivity index (χ0v) is 12.4. The zero-order chi connectivity index (χ0) is 15.6. The predicted octanol–water partition coefficient (Wildman–Crippen LogP) is 1.16. The second kappa shape index (κ2) is 5.63. The van der Waals surface area contributed by atoms with Gasteiger partial charge in [0.15, 0.2) is 5.00 Å². The Balaban J connectivity index is 2.47. The number of hydrogen-bond acceptors (Lipinski definition) is 8. The van der Waals surface area contributed by atoms with E-state index >= 15 is 0 Å². The third kappa shape index (κ3) is 2.79. The molecule has 0 bridgehead atoms. The van der Waals surface area contributed by atoms with Crippen molar-refractivity contribution in [3.8, 4) is 0 Å². The third-order valence-electron chi connectivity index (χ3n) is 2.66. The van der Waals surface area contributed by atoms with E-state index in [-0.39, 0.29) is 14.9 Å². The van der Waals surface area contributed by atoms with E-state index in [1.165, 1.54) is 31.6 Å². The number of nitrogens with zero attached hydrogens (tertiary/aromatic N) is 3. The van der Waals surface area contributed by atoms with Crippen LogP contribution in [0.25, 0.3) is 0 Å². The first-order valence-corrected chi connectivity index (χ1v) is 7.77. The Labute approximate surface area is 124 Å². The number of sulfonamides is 1. The van der Waals surface area contributed by atoms with E-state index in [9.17, 15) is 18.5 Å². The lowest BCUT2D eigenvalue weighted by Gasteiger charge is -2.17. The molecule has 112 valence electrons. The van der Waals surface area contributed by atoms with E-state index < -0.39 is 14.9 Å². The summed E-state index contributed by atoms with van der Waals surface area (Å²) in [6.45, 7) is 0. The Morgan fingerprint density at radius 2 is 2.05 bits per heavy atom. The van der Waals surface area contributed by atoms with E-state index in [0.717, 1.165) is 10.4 Å². The molecule has 0 saturated heterocycles. The summed E-state index contributed by atoms with van der Waals surface area (Å²) in [7, 11) is -2.56. The van der Waals surface area contributed by atoms with E-state index in [0.29, 0.717) is 17.0 Å². The van der Waals surface area contributed by atoms with Crippen LogP contribution in [0.1, 0.15) is 0 Å². The average molecular weight is 329 g/mol. The summed E-state index contributed by atoms with van der Waals surface area (Å²) in [6.07, 6.45) is 2.90. The molecule has 0 aliphatic rings. The largest absolute Gasteiger partial charge is 0.310 e. The van der Waals surface area contributed by atoms with Gasteiger partial charge in [-0.2, -0.15) is 0 Å². The first-order valence-electron chi connectivity index (χ1n) is 5.51. The predicted molar refractivity (Wildman–Crippen MR) is 78.6 cm³/mol. The van der Waals surface area contributed by atoms with Gasteiger partial charge >= 0.3 is 5.69 Å². The molecule has 0 saturated carbocycles. The maximum atomic E-state index is 12.5. The van der Waals surface area contributed by atoms with Crippen LogP contribution in [0.4, 0.5) is 16.4 Å². The molecule has 2 aromatic rings. The molecule has 0 atom stereocenters. The Morgan fingerprint density at radius 1 is 1.43 bits per heavy atom. The molecule has 2 heterocycles. The number of nitrogens with two attached hydrogens (primary N) is 1. The summed E-state index contributed by atoms with van der Waals surface area (Å²) in [5, 5.41) is 10.8. The Morgan fingerprint density at radius 3 is 2.52 bits per heavy atom. The minimum absolute atomic E-state index is 0.0262. The molecular weight excluding hydrogens is 318 g/mol. The summed E-state index contributed by atoms with van der Waals surface area (Å²) >= 11 is 0.695. The number of anilines is 2. The van der Waals surface area contributed by atoms with Crippen molar-refractivity contribution >= 4 is 37.7 Å². The molecule has 2 aromatic heterocycles. The van der Waals surface area contributed by atoms with Crippen molar-refractivity contribution in [2.24, 2.45) is 5.84 Å². The van der Waals surface area contributed by atoms with Crippen molar-refractivity contribution in [1.29, 1.82) is 0 Å². The number of thiophene rings is 1. The third-order valence-corrected chi connectivity index (χ3v) is 5.95. The molecule has 0 spiro atoms. The minimum atomic E-state index is -3.91. The number of nitrogen functional groups attached to an aromatic ring is 1. The van der Waals surface area contributed by atoms with E-state index in [1.54, 1.807) is 0 Å². The van der Waals surface area contributed by atoms with Crippen LogP contribution in [-0.4, -0.2) is 25.4 Å². The maximum absolute atomic E-state index is 12.5. The van der Waals surface area contributed by atoms with Gasteiger partial charge in [-0.05, 0) is 12.1 Å². The van der Waals surface area contributed by atoms with Gasteiger partial charge in [0.25, 0.3) is 10.0 Å². The van der Waals surface area contributed by atoms with Gasteiger partial charge in [-0.15, -0.1) is 0 Å². The topological polar surface area (TPSA) is 131 Å². The van der Waals surface area contributed by atoms with Gasteiger partial charge in [0, 0.05) is 25.5 Å². The highest BCUT2D eigenvalue weighted by Crippen LogP contribution is 2.38. The maximum Gasteiger partial charge on any atom is 0.306 e. The van der Waals surface area contributed by atoms with Crippen molar-refractivity contribution in [3.05, 3.63) is 40.7 Å². The fraction of sp³-hybridized carbons (Fsp3) is 0.100. The van der Waals surface area contributed by atoms with Gasteiger partial charge in [0.2, 0.25) is 0 Å². The number of hydrazine groups is 1. The molecule has 3 N–H and O–H groups in total. The van der Waals surface area contributed by atoms with Crippen LogP contribution in [0, 0.1) is 10.1 Å². The van der Waals surface area contributed by atoms with Gasteiger partial charge < -0.3 is 5.43 Å². The van der Waals surface area contributed by atoms with Crippen LogP contribution in [0.3, 0.4) is 0 Å². The molecule has 0 aliphatic heterocycles. The highest BCUT2D eigenvalue weighted by molar-refractivity contribution is 7.94. The fourth-order valence-corrected chi connectivity index (χ4v) is 4.16. The molecule has 11 heteroatoms. The average Bonchev–Trinajstić information content (AvgIpc) is 2.92. The Kier molecular flexibility index (Phi) is 4.06. The number of nitrogens with one attached hydrogen (secondary N) is 1. The normalized spacial score (nSPS) is 11.1. The van der Waals surface area contributed by atoms with Gasteiger partial charge in [-0.25, -0.2) is 14.3 Å². The smallest absolute Gasteiger partial charge is 0.306 e. The highest BCUT2D eigenvalue weighted by atomic mass is 32.2. The molecule has 0 fully saturated rings. The van der Waals surface area contributed by atoms with Crippen LogP contribution in [-0.2, 0) is 10.0 Å². The van der Waals surface area contributed by atoms with Crippen LogP contribution in [0.2, 0.25) is 0 Å². The lowest BCUT2D eigenvalue weighted by atomic mass is 10.4. The van der Waals surface area contributed by atoms with Gasteiger partial charge in [0.05, 0.1) is 10.6 Å². The number of nitro groups is 1. The quantitative estimate of drug-likeness (QED) is 0.478. The van der Waals surface area contributed by atoms with Crippen LogP contribution < -0.4 is 15.6 Å². The van der Waals surface area contributed by atoms with Crippen molar-refractivity contribution in [1.82, 2.24) is 4.98 Å². The zero-order valence-electron chi connectivity index (χ0n) is 10.8. The van der Waals surface area contributed by atoms with Crippen LogP contribution >= 0.6 is 11.3 Å². The molecule has 21 heavy (non-hydrogen) atoms. The summed E-state index contributed by atoms with van der Waals surface area (Å²) in [5.74, 6) is 5.17. The SMILES string of the molecule is CN(c1ccncc1)S(=O)(=O)c1cc([N+](=O)[O-])c(NN)s1. The summed E-state index contributed by atoms with van der Waals surface area (Å²) < 4.78 is 25.8. The molecule has 0 aliphatic carbocycles.